The summed E-state index contributed by atoms with van der Waals surface area (Å²) in [5, 5.41) is 9.67. The van der Waals surface area contributed by atoms with Crippen molar-refractivity contribution in [3.63, 3.8) is 0 Å². The van der Waals surface area contributed by atoms with E-state index in [2.05, 4.69) is 13.0 Å². The minimum absolute atomic E-state index is 0. The Kier molecular flexibility index (Phi) is 21.6. The number of hydrogen-bond donors (Lipinski definition) is 1. The fourth-order valence-electron chi connectivity index (χ4n) is 2.72. The molecular formula is C19H37NaO4S. The molecule has 25 heavy (non-hydrogen) atoms. The van der Waals surface area contributed by atoms with Gasteiger partial charge in [-0.3, -0.25) is 0 Å². The number of hydrogen-bond acceptors (Lipinski definition) is 4. The van der Waals surface area contributed by atoms with Gasteiger partial charge < -0.3 is 9.66 Å². The maximum Gasteiger partial charge on any atom is 1.00 e. The molecule has 0 fully saturated rings. The van der Waals surface area contributed by atoms with E-state index in [-0.39, 0.29) is 41.4 Å². The number of aliphatic hydroxyl groups excluding tert-OH is 1. The molecule has 0 amide bonds. The van der Waals surface area contributed by atoms with Gasteiger partial charge in [-0.2, -0.15) is 0 Å². The summed E-state index contributed by atoms with van der Waals surface area (Å²) in [4.78, 5) is 0. The first-order chi connectivity index (χ1) is 11.5. The summed E-state index contributed by atoms with van der Waals surface area (Å²) >= 11 is 0. The van der Waals surface area contributed by atoms with Crippen LogP contribution in [0, 0.1) is 0 Å². The summed E-state index contributed by atoms with van der Waals surface area (Å²) in [7, 11) is -4.02. The van der Waals surface area contributed by atoms with E-state index < -0.39 is 10.1 Å². The summed E-state index contributed by atoms with van der Waals surface area (Å²) in [6, 6.07) is 0. The van der Waals surface area contributed by atoms with Crippen molar-refractivity contribution in [1.82, 2.24) is 0 Å². The molecule has 0 aromatic carbocycles. The second kappa shape index (κ2) is 19.4. The Hall–Kier alpha value is 0.610. The number of aliphatic hydroxyl groups is 1. The first-order valence-electron chi connectivity index (χ1n) is 9.74. The Balaban J connectivity index is 0. The Labute approximate surface area is 177 Å². The standard InChI is InChI=1S/C19H38O4S.Na/c1-2-3-16-19(20)17-14-12-10-8-6-4-5-7-9-11-13-15-18-24(21,22)23;/h14,17,19-20H,2-13,15-16,18H2,1H3,(H,21,22,23);/q;+1/p-1/b17-14-;/t19-;/m0./s1. The second-order valence-electron chi connectivity index (χ2n) is 6.72. The van der Waals surface area contributed by atoms with E-state index >= 15 is 0 Å². The van der Waals surface area contributed by atoms with Crippen molar-refractivity contribution in [2.45, 2.75) is 103 Å². The van der Waals surface area contributed by atoms with Crippen LogP contribution >= 0.6 is 0 Å². The second-order valence-corrected chi connectivity index (χ2v) is 8.25. The molecule has 0 aromatic heterocycles. The van der Waals surface area contributed by atoms with Crippen LogP contribution in [0.1, 0.15) is 96.8 Å². The van der Waals surface area contributed by atoms with Gasteiger partial charge in [0.1, 0.15) is 0 Å². The Morgan fingerprint density at radius 2 is 1.36 bits per heavy atom. The average Bonchev–Trinajstić information content (AvgIpc) is 2.52. The maximum atomic E-state index is 10.4. The van der Waals surface area contributed by atoms with Crippen LogP contribution in [0.15, 0.2) is 12.2 Å². The van der Waals surface area contributed by atoms with Gasteiger partial charge in [0, 0.05) is 5.75 Å². The first-order valence-corrected chi connectivity index (χ1v) is 11.3. The molecule has 0 aliphatic heterocycles. The molecular weight excluding hydrogens is 347 g/mol. The van der Waals surface area contributed by atoms with E-state index in [4.69, 9.17) is 0 Å². The molecule has 0 rings (SSSR count). The van der Waals surface area contributed by atoms with E-state index in [0.29, 0.717) is 6.42 Å². The molecule has 0 aliphatic carbocycles. The van der Waals surface area contributed by atoms with Crippen molar-refractivity contribution >= 4 is 10.1 Å². The first kappa shape index (κ1) is 27.8. The Morgan fingerprint density at radius 3 is 1.84 bits per heavy atom. The number of unbranched alkanes of at least 4 members (excludes halogenated alkanes) is 11. The summed E-state index contributed by atoms with van der Waals surface area (Å²) in [5.41, 5.74) is 0. The Morgan fingerprint density at radius 1 is 0.880 bits per heavy atom. The Bertz CT molecular complexity index is 396. The van der Waals surface area contributed by atoms with Crippen molar-refractivity contribution in [2.24, 2.45) is 0 Å². The molecule has 0 aromatic rings. The molecule has 4 nitrogen and oxygen atoms in total. The quantitative estimate of drug-likeness (QED) is 0.180. The van der Waals surface area contributed by atoms with Crippen molar-refractivity contribution in [3.8, 4) is 0 Å². The fourth-order valence-corrected chi connectivity index (χ4v) is 3.28. The van der Waals surface area contributed by atoms with E-state index in [1.165, 1.54) is 38.5 Å². The molecule has 1 N–H and O–H groups in total. The number of allylic oxidation sites excluding steroid dienone is 1. The zero-order valence-corrected chi connectivity index (χ0v) is 19.2. The molecule has 0 unspecified atom stereocenters. The molecule has 0 heterocycles. The zero-order valence-electron chi connectivity index (χ0n) is 16.4. The smallest absolute Gasteiger partial charge is 0.748 e. The van der Waals surface area contributed by atoms with Gasteiger partial charge in [0.25, 0.3) is 0 Å². The van der Waals surface area contributed by atoms with Crippen LogP contribution in [0.3, 0.4) is 0 Å². The normalized spacial score (nSPS) is 13.1. The van der Waals surface area contributed by atoms with Crippen molar-refractivity contribution in [1.29, 1.82) is 0 Å². The molecule has 0 bridgehead atoms. The minimum Gasteiger partial charge on any atom is -0.748 e. The monoisotopic (exact) mass is 384 g/mol. The van der Waals surface area contributed by atoms with Gasteiger partial charge in [-0.15, -0.1) is 0 Å². The maximum absolute atomic E-state index is 10.4. The molecule has 144 valence electrons. The molecule has 0 spiro atoms. The largest absolute Gasteiger partial charge is 1.00 e. The molecule has 6 heteroatoms. The summed E-state index contributed by atoms with van der Waals surface area (Å²) < 4.78 is 31.3. The van der Waals surface area contributed by atoms with Crippen LogP contribution < -0.4 is 29.6 Å². The van der Waals surface area contributed by atoms with Crippen LogP contribution in [0.4, 0.5) is 0 Å². The van der Waals surface area contributed by atoms with Crippen molar-refractivity contribution < 1.29 is 47.6 Å². The minimum atomic E-state index is -4.02. The summed E-state index contributed by atoms with van der Waals surface area (Å²) in [6.45, 7) is 2.14. The van der Waals surface area contributed by atoms with E-state index in [0.717, 1.165) is 44.9 Å². The molecule has 0 aliphatic rings. The molecule has 0 saturated heterocycles. The van der Waals surface area contributed by atoms with Gasteiger partial charge in [-0.1, -0.05) is 83.3 Å². The molecule has 1 atom stereocenters. The van der Waals surface area contributed by atoms with Gasteiger partial charge in [0.15, 0.2) is 0 Å². The third-order valence-electron chi connectivity index (χ3n) is 4.23. The number of rotatable bonds is 17. The van der Waals surface area contributed by atoms with Gasteiger partial charge in [-0.25, -0.2) is 8.42 Å². The van der Waals surface area contributed by atoms with Crippen LogP contribution in [0.25, 0.3) is 0 Å². The topological polar surface area (TPSA) is 77.4 Å². The SMILES string of the molecule is CCCC[C@H](O)/C=C\CCCCCCCCCCCCS(=O)(=O)[O-].[Na+]. The van der Waals surface area contributed by atoms with Gasteiger partial charge in [0.05, 0.1) is 16.2 Å². The van der Waals surface area contributed by atoms with Gasteiger partial charge in [-0.05, 0) is 25.7 Å². The average molecular weight is 385 g/mol. The third-order valence-corrected chi connectivity index (χ3v) is 5.02. The third kappa shape index (κ3) is 24.6. The van der Waals surface area contributed by atoms with E-state index in [1.807, 2.05) is 6.08 Å². The summed E-state index contributed by atoms with van der Waals surface area (Å²) in [6.07, 6.45) is 18.9. The van der Waals surface area contributed by atoms with Crippen molar-refractivity contribution in [2.75, 3.05) is 5.75 Å². The van der Waals surface area contributed by atoms with Gasteiger partial charge >= 0.3 is 29.6 Å². The van der Waals surface area contributed by atoms with Gasteiger partial charge in [0.2, 0.25) is 0 Å². The van der Waals surface area contributed by atoms with Crippen LogP contribution in [-0.4, -0.2) is 29.9 Å². The van der Waals surface area contributed by atoms with Crippen LogP contribution in [0.2, 0.25) is 0 Å². The van der Waals surface area contributed by atoms with Crippen LogP contribution in [0.5, 0.6) is 0 Å². The van der Waals surface area contributed by atoms with E-state index in [1.54, 1.807) is 0 Å². The molecule has 0 saturated carbocycles. The molecule has 0 radical (unpaired) electrons. The fraction of sp³-hybridized carbons (Fsp3) is 0.895. The predicted molar refractivity (Wildman–Crippen MR) is 100 cm³/mol. The van der Waals surface area contributed by atoms with Crippen LogP contribution in [-0.2, 0) is 10.1 Å². The van der Waals surface area contributed by atoms with Crippen molar-refractivity contribution in [3.05, 3.63) is 12.2 Å². The van der Waals surface area contributed by atoms with E-state index in [9.17, 15) is 18.1 Å². The summed E-state index contributed by atoms with van der Waals surface area (Å²) in [5.74, 6) is -0.211. The zero-order chi connectivity index (χ0) is 18.1. The predicted octanol–water partition coefficient (Wildman–Crippen LogP) is 1.93.